The number of ether oxygens (including phenoxy) is 4. The second-order valence-electron chi connectivity index (χ2n) is 6.57. The molecule has 2 unspecified atom stereocenters. The van der Waals surface area contributed by atoms with Crippen molar-refractivity contribution in [2.75, 3.05) is 33.5 Å². The third-order valence-corrected chi connectivity index (χ3v) is 4.83. The average Bonchev–Trinajstić information content (AvgIpc) is 2.69. The fraction of sp³-hybridized carbons (Fsp3) is 0.889. The summed E-state index contributed by atoms with van der Waals surface area (Å²) in [6.07, 6.45) is 4.79. The molecule has 0 amide bonds. The summed E-state index contributed by atoms with van der Waals surface area (Å²) in [5.74, 6) is 0. The van der Waals surface area contributed by atoms with Crippen LogP contribution >= 0.6 is 8.25 Å². The van der Waals surface area contributed by atoms with Crippen LogP contribution in [0.5, 0.6) is 0 Å². The summed E-state index contributed by atoms with van der Waals surface area (Å²) in [4.78, 5) is 31.6. The van der Waals surface area contributed by atoms with Gasteiger partial charge in [0.05, 0.1) is 13.7 Å². The second kappa shape index (κ2) is 16.5. The van der Waals surface area contributed by atoms with Crippen molar-refractivity contribution >= 4 is 20.6 Å². The zero-order valence-corrected chi connectivity index (χ0v) is 18.0. The molecule has 10 heteroatoms. The van der Waals surface area contributed by atoms with Crippen LogP contribution in [0.4, 0.5) is 9.59 Å². The Morgan fingerprint density at radius 1 is 0.893 bits per heavy atom. The molecular formula is C18H34O9P+. The highest BCUT2D eigenvalue weighted by Gasteiger charge is 2.32. The maximum Gasteiger partial charge on any atom is 0.694 e. The Kier molecular flexibility index (Phi) is 15.7. The summed E-state index contributed by atoms with van der Waals surface area (Å²) in [6.45, 7) is 4.72. The van der Waals surface area contributed by atoms with Gasteiger partial charge in [0.1, 0.15) is 19.8 Å². The monoisotopic (exact) mass is 425 g/mol. The van der Waals surface area contributed by atoms with Crippen molar-refractivity contribution in [2.45, 2.75) is 65.2 Å². The van der Waals surface area contributed by atoms with Gasteiger partial charge in [-0.2, -0.15) is 0 Å². The van der Waals surface area contributed by atoms with Crippen molar-refractivity contribution in [3.05, 3.63) is 0 Å². The van der Waals surface area contributed by atoms with Crippen molar-refractivity contribution in [3.63, 3.8) is 0 Å². The molecule has 9 nitrogen and oxygen atoms in total. The molecule has 0 aliphatic heterocycles. The Balaban J connectivity index is 4.14. The first-order valence-corrected chi connectivity index (χ1v) is 10.8. The number of hydrogen-bond donors (Lipinski definition) is 1. The Bertz CT molecular complexity index is 458. The minimum Gasteiger partial charge on any atom is -0.438 e. The molecule has 0 aliphatic carbocycles. The molecule has 0 aliphatic rings. The first kappa shape index (κ1) is 26.6. The largest absolute Gasteiger partial charge is 0.694 e. The summed E-state index contributed by atoms with van der Waals surface area (Å²) in [7, 11) is -1.29. The average molecular weight is 425 g/mol. The topological polar surface area (TPSA) is 118 Å². The standard InChI is InChI=1S/C18H33O9P/c1-4-6-11-18(5-2,14-25-16(19)23-3)15-26-17(20)24-12-9-7-8-10-13-27-28(21)22/h4-15H2,1-3H3/p+1. The molecule has 0 rings (SSSR count). The molecule has 0 aromatic rings. The maximum atomic E-state index is 11.8. The molecule has 0 aromatic carbocycles. The summed E-state index contributed by atoms with van der Waals surface area (Å²) in [5, 5.41) is 0. The molecule has 0 fully saturated rings. The van der Waals surface area contributed by atoms with E-state index in [0.29, 0.717) is 19.3 Å². The Hall–Kier alpha value is -1.44. The highest BCUT2D eigenvalue weighted by molar-refractivity contribution is 7.32. The Morgan fingerprint density at radius 3 is 2.04 bits per heavy atom. The number of carbonyl (C=O) groups excluding carboxylic acids is 2. The van der Waals surface area contributed by atoms with Crippen LogP contribution in [0.25, 0.3) is 0 Å². The lowest BCUT2D eigenvalue weighted by Gasteiger charge is -2.31. The van der Waals surface area contributed by atoms with E-state index in [4.69, 9.17) is 19.1 Å². The summed E-state index contributed by atoms with van der Waals surface area (Å²) >= 11 is 0. The van der Waals surface area contributed by atoms with Crippen LogP contribution < -0.4 is 0 Å². The molecule has 0 aromatic heterocycles. The van der Waals surface area contributed by atoms with Crippen molar-refractivity contribution in [2.24, 2.45) is 5.41 Å². The van der Waals surface area contributed by atoms with Gasteiger partial charge in [0.15, 0.2) is 0 Å². The molecule has 0 saturated heterocycles. The molecule has 0 spiro atoms. The minimum atomic E-state index is -2.53. The molecular weight excluding hydrogens is 391 g/mol. The van der Waals surface area contributed by atoms with Crippen molar-refractivity contribution < 1.29 is 42.5 Å². The summed E-state index contributed by atoms with van der Waals surface area (Å²) in [6, 6.07) is 0. The number of rotatable bonds is 16. The smallest absolute Gasteiger partial charge is 0.438 e. The summed E-state index contributed by atoms with van der Waals surface area (Å²) in [5.41, 5.74) is -0.461. The van der Waals surface area contributed by atoms with E-state index in [0.717, 1.165) is 32.1 Å². The molecule has 1 N–H and O–H groups in total. The Morgan fingerprint density at radius 2 is 1.50 bits per heavy atom. The van der Waals surface area contributed by atoms with E-state index in [-0.39, 0.29) is 26.4 Å². The highest BCUT2D eigenvalue weighted by atomic mass is 31.1. The van der Waals surface area contributed by atoms with E-state index >= 15 is 0 Å². The van der Waals surface area contributed by atoms with Gasteiger partial charge < -0.3 is 18.9 Å². The van der Waals surface area contributed by atoms with E-state index < -0.39 is 26.0 Å². The molecule has 0 radical (unpaired) electrons. The second-order valence-corrected chi connectivity index (χ2v) is 7.31. The fourth-order valence-electron chi connectivity index (χ4n) is 2.50. The number of unbranched alkanes of at least 4 members (excludes halogenated alkanes) is 4. The van der Waals surface area contributed by atoms with E-state index in [1.807, 2.05) is 6.92 Å². The van der Waals surface area contributed by atoms with Gasteiger partial charge in [-0.3, -0.25) is 0 Å². The third-order valence-electron chi connectivity index (χ3n) is 4.43. The van der Waals surface area contributed by atoms with E-state index in [2.05, 4.69) is 16.2 Å². The van der Waals surface area contributed by atoms with Crippen molar-refractivity contribution in [1.29, 1.82) is 0 Å². The predicted octanol–water partition coefficient (Wildman–Crippen LogP) is 4.74. The van der Waals surface area contributed by atoms with Gasteiger partial charge in [0.2, 0.25) is 0 Å². The third kappa shape index (κ3) is 13.7. The highest BCUT2D eigenvalue weighted by Crippen LogP contribution is 2.30. The van der Waals surface area contributed by atoms with Crippen LogP contribution in [-0.4, -0.2) is 50.7 Å². The van der Waals surface area contributed by atoms with Gasteiger partial charge >= 0.3 is 20.6 Å². The lowest BCUT2D eigenvalue weighted by molar-refractivity contribution is -0.0226. The van der Waals surface area contributed by atoms with Crippen LogP contribution in [0.3, 0.4) is 0 Å². The minimum absolute atomic E-state index is 0.107. The number of methoxy groups -OCH3 is 1. The molecule has 0 saturated carbocycles. The molecule has 0 heterocycles. The van der Waals surface area contributed by atoms with Crippen LogP contribution in [0.1, 0.15) is 65.2 Å². The van der Waals surface area contributed by atoms with Crippen LogP contribution in [0.2, 0.25) is 0 Å². The van der Waals surface area contributed by atoms with Crippen LogP contribution in [0, 0.1) is 5.41 Å². The first-order chi connectivity index (χ1) is 13.4. The fourth-order valence-corrected chi connectivity index (χ4v) is 2.78. The van der Waals surface area contributed by atoms with Gasteiger partial charge in [-0.1, -0.05) is 33.1 Å². The maximum absolute atomic E-state index is 11.8. The van der Waals surface area contributed by atoms with Gasteiger partial charge in [0, 0.05) is 9.98 Å². The zero-order chi connectivity index (χ0) is 21.3. The quantitative estimate of drug-likeness (QED) is 0.212. The number of carbonyl (C=O) groups is 2. The molecule has 2 atom stereocenters. The molecule has 164 valence electrons. The van der Waals surface area contributed by atoms with E-state index in [1.54, 1.807) is 0 Å². The van der Waals surface area contributed by atoms with Crippen LogP contribution in [0.15, 0.2) is 0 Å². The molecule has 0 bridgehead atoms. The lowest BCUT2D eigenvalue weighted by Crippen LogP contribution is -2.34. The van der Waals surface area contributed by atoms with Gasteiger partial charge in [-0.05, 0) is 32.1 Å². The lowest BCUT2D eigenvalue weighted by atomic mass is 9.82. The van der Waals surface area contributed by atoms with Crippen molar-refractivity contribution in [3.8, 4) is 0 Å². The van der Waals surface area contributed by atoms with Gasteiger partial charge in [0.25, 0.3) is 0 Å². The number of hydrogen-bond acceptors (Lipinski definition) is 8. The van der Waals surface area contributed by atoms with Crippen molar-refractivity contribution in [1.82, 2.24) is 0 Å². The SMILES string of the molecule is CCCCC(CC)(COC(=O)OC)COC(=O)OCCCCCCO[P+](=O)O. The van der Waals surface area contributed by atoms with Gasteiger partial charge in [-0.25, -0.2) is 9.59 Å². The van der Waals surface area contributed by atoms with Crippen LogP contribution in [-0.2, 0) is 28.0 Å². The zero-order valence-electron chi connectivity index (χ0n) is 17.1. The van der Waals surface area contributed by atoms with Gasteiger partial charge in [-0.15, -0.1) is 9.42 Å². The summed E-state index contributed by atoms with van der Waals surface area (Å²) < 4.78 is 34.8. The van der Waals surface area contributed by atoms with E-state index in [9.17, 15) is 14.2 Å². The molecule has 28 heavy (non-hydrogen) atoms. The van der Waals surface area contributed by atoms with E-state index in [1.165, 1.54) is 7.11 Å². The Labute approximate surface area is 168 Å². The first-order valence-electron chi connectivity index (χ1n) is 9.68. The normalized spacial score (nSPS) is 13.4. The predicted molar refractivity (Wildman–Crippen MR) is 102 cm³/mol.